The molecule has 0 amide bonds. The summed E-state index contributed by atoms with van der Waals surface area (Å²) in [7, 11) is 0. The Morgan fingerprint density at radius 1 is 0.484 bits per heavy atom. The molecule has 0 saturated carbocycles. The van der Waals surface area contributed by atoms with Crippen molar-refractivity contribution in [2.75, 3.05) is 0 Å². The summed E-state index contributed by atoms with van der Waals surface area (Å²) in [6.45, 7) is 6.42. The SMILES string of the molecule is CCn1c2ccccc2c2cc(Cc3ccc4c(c3)c3ccccc3n4CC)ccc21. The molecule has 0 atom stereocenters. The van der Waals surface area contributed by atoms with Crippen molar-refractivity contribution in [3.63, 3.8) is 0 Å². The fraction of sp³-hybridized carbons (Fsp3) is 0.172. The Morgan fingerprint density at radius 2 is 0.903 bits per heavy atom. The molecule has 152 valence electrons. The molecule has 0 aliphatic rings. The molecule has 0 aliphatic carbocycles. The van der Waals surface area contributed by atoms with E-state index in [0.717, 1.165) is 19.5 Å². The second-order valence-electron chi connectivity index (χ2n) is 8.40. The van der Waals surface area contributed by atoms with Crippen LogP contribution in [0.15, 0.2) is 84.9 Å². The summed E-state index contributed by atoms with van der Waals surface area (Å²) in [6.07, 6.45) is 0.948. The van der Waals surface area contributed by atoms with Gasteiger partial charge >= 0.3 is 0 Å². The summed E-state index contributed by atoms with van der Waals surface area (Å²) in [5, 5.41) is 5.42. The third-order valence-electron chi connectivity index (χ3n) is 6.71. The molecule has 2 heterocycles. The van der Waals surface area contributed by atoms with Gasteiger partial charge in [0, 0.05) is 56.7 Å². The molecule has 0 saturated heterocycles. The number of para-hydroxylation sites is 2. The van der Waals surface area contributed by atoms with Crippen LogP contribution in [0.5, 0.6) is 0 Å². The average molecular weight is 403 g/mol. The lowest BCUT2D eigenvalue weighted by Gasteiger charge is -2.06. The van der Waals surface area contributed by atoms with E-state index in [2.05, 4.69) is 108 Å². The Kier molecular flexibility index (Phi) is 4.14. The Labute approximate surface area is 182 Å². The Bertz CT molecular complexity index is 1460. The maximum Gasteiger partial charge on any atom is 0.0491 e. The minimum Gasteiger partial charge on any atom is -0.341 e. The van der Waals surface area contributed by atoms with Crippen LogP contribution in [0, 0.1) is 0 Å². The van der Waals surface area contributed by atoms with Crippen LogP contribution in [0.3, 0.4) is 0 Å². The van der Waals surface area contributed by atoms with Crippen LogP contribution in [-0.2, 0) is 19.5 Å². The first kappa shape index (κ1) is 18.3. The van der Waals surface area contributed by atoms with Crippen molar-refractivity contribution >= 4 is 43.6 Å². The lowest BCUT2D eigenvalue weighted by Crippen LogP contribution is -1.94. The summed E-state index contributed by atoms with van der Waals surface area (Å²) in [4.78, 5) is 0. The highest BCUT2D eigenvalue weighted by atomic mass is 15.0. The van der Waals surface area contributed by atoms with Crippen LogP contribution < -0.4 is 0 Å². The van der Waals surface area contributed by atoms with Gasteiger partial charge in [0.25, 0.3) is 0 Å². The first-order chi connectivity index (χ1) is 15.3. The quantitative estimate of drug-likeness (QED) is 0.288. The molecule has 2 aromatic heterocycles. The number of fused-ring (bicyclic) bond motifs is 6. The summed E-state index contributed by atoms with van der Waals surface area (Å²) in [5.41, 5.74) is 8.04. The lowest BCUT2D eigenvalue weighted by molar-refractivity contribution is 0.827. The highest BCUT2D eigenvalue weighted by Crippen LogP contribution is 2.32. The van der Waals surface area contributed by atoms with Crippen LogP contribution in [0.1, 0.15) is 25.0 Å². The topological polar surface area (TPSA) is 9.86 Å². The third-order valence-corrected chi connectivity index (χ3v) is 6.71. The molecule has 0 radical (unpaired) electrons. The van der Waals surface area contributed by atoms with Gasteiger partial charge in [-0.3, -0.25) is 0 Å². The monoisotopic (exact) mass is 402 g/mol. The summed E-state index contributed by atoms with van der Waals surface area (Å²) >= 11 is 0. The van der Waals surface area contributed by atoms with E-state index in [0.29, 0.717) is 0 Å². The fourth-order valence-electron chi connectivity index (χ4n) is 5.34. The van der Waals surface area contributed by atoms with E-state index in [4.69, 9.17) is 0 Å². The molecule has 6 rings (SSSR count). The molecule has 6 aromatic rings. The molecule has 31 heavy (non-hydrogen) atoms. The van der Waals surface area contributed by atoms with Crippen molar-refractivity contribution in [3.8, 4) is 0 Å². The largest absolute Gasteiger partial charge is 0.341 e. The van der Waals surface area contributed by atoms with Gasteiger partial charge in [0.05, 0.1) is 0 Å². The van der Waals surface area contributed by atoms with Gasteiger partial charge in [-0.25, -0.2) is 0 Å². The number of nitrogens with zero attached hydrogens (tertiary/aromatic N) is 2. The molecule has 0 bridgehead atoms. The predicted octanol–water partition coefficient (Wildman–Crippen LogP) is 7.53. The smallest absolute Gasteiger partial charge is 0.0491 e. The first-order valence-corrected chi connectivity index (χ1v) is 11.3. The zero-order chi connectivity index (χ0) is 20.9. The first-order valence-electron chi connectivity index (χ1n) is 11.3. The van der Waals surface area contributed by atoms with Crippen LogP contribution in [-0.4, -0.2) is 9.13 Å². The van der Waals surface area contributed by atoms with Gasteiger partial charge in [-0.15, -0.1) is 0 Å². The molecular formula is C29H26N2. The van der Waals surface area contributed by atoms with E-state index in [-0.39, 0.29) is 0 Å². The normalized spacial score (nSPS) is 11.9. The van der Waals surface area contributed by atoms with E-state index < -0.39 is 0 Å². The molecule has 0 N–H and O–H groups in total. The van der Waals surface area contributed by atoms with E-state index in [1.807, 2.05) is 0 Å². The zero-order valence-electron chi connectivity index (χ0n) is 18.1. The number of hydrogen-bond acceptors (Lipinski definition) is 0. The number of benzene rings is 4. The minimum atomic E-state index is 0.948. The Balaban J connectivity index is 1.47. The fourth-order valence-corrected chi connectivity index (χ4v) is 5.34. The Morgan fingerprint density at radius 3 is 1.35 bits per heavy atom. The van der Waals surface area contributed by atoms with Gasteiger partial charge in [0.15, 0.2) is 0 Å². The molecule has 2 nitrogen and oxygen atoms in total. The maximum absolute atomic E-state index is 2.42. The predicted molar refractivity (Wildman–Crippen MR) is 133 cm³/mol. The molecule has 0 spiro atoms. The molecule has 0 aliphatic heterocycles. The number of rotatable bonds is 4. The summed E-state index contributed by atoms with van der Waals surface area (Å²) in [6, 6.07) is 31.5. The van der Waals surface area contributed by atoms with E-state index >= 15 is 0 Å². The zero-order valence-corrected chi connectivity index (χ0v) is 18.1. The van der Waals surface area contributed by atoms with Crippen molar-refractivity contribution in [2.45, 2.75) is 33.4 Å². The van der Waals surface area contributed by atoms with Crippen molar-refractivity contribution in [1.82, 2.24) is 9.13 Å². The van der Waals surface area contributed by atoms with Gasteiger partial charge in [-0.2, -0.15) is 0 Å². The van der Waals surface area contributed by atoms with E-state index in [1.165, 1.54) is 54.7 Å². The van der Waals surface area contributed by atoms with Gasteiger partial charge in [-0.05, 0) is 67.8 Å². The van der Waals surface area contributed by atoms with Gasteiger partial charge < -0.3 is 9.13 Å². The number of aromatic nitrogens is 2. The second-order valence-corrected chi connectivity index (χ2v) is 8.40. The second kappa shape index (κ2) is 7.02. The van der Waals surface area contributed by atoms with Gasteiger partial charge in [0.2, 0.25) is 0 Å². The van der Waals surface area contributed by atoms with Crippen molar-refractivity contribution in [1.29, 1.82) is 0 Å². The molecule has 0 unspecified atom stereocenters. The maximum atomic E-state index is 2.42. The van der Waals surface area contributed by atoms with Crippen LogP contribution >= 0.6 is 0 Å². The highest BCUT2D eigenvalue weighted by molar-refractivity contribution is 6.09. The van der Waals surface area contributed by atoms with Crippen LogP contribution in [0.2, 0.25) is 0 Å². The van der Waals surface area contributed by atoms with Crippen molar-refractivity contribution in [2.24, 2.45) is 0 Å². The molecule has 4 aromatic carbocycles. The minimum absolute atomic E-state index is 0.948. The standard InChI is InChI=1S/C29H26N2/c1-3-30-26-11-7-5-9-22(26)24-18-20(13-15-28(24)30)17-21-14-16-29-25(19-21)23-10-6-8-12-27(23)31(29)4-2/h5-16,18-19H,3-4,17H2,1-2H3. The lowest BCUT2D eigenvalue weighted by atomic mass is 10.0. The molecule has 2 heteroatoms. The van der Waals surface area contributed by atoms with Gasteiger partial charge in [-0.1, -0.05) is 48.5 Å². The van der Waals surface area contributed by atoms with E-state index in [1.54, 1.807) is 0 Å². The Hall–Kier alpha value is -3.52. The third kappa shape index (κ3) is 2.71. The summed E-state index contributed by atoms with van der Waals surface area (Å²) in [5.74, 6) is 0. The number of hydrogen-bond donors (Lipinski definition) is 0. The van der Waals surface area contributed by atoms with Crippen molar-refractivity contribution < 1.29 is 0 Å². The van der Waals surface area contributed by atoms with Crippen molar-refractivity contribution in [3.05, 3.63) is 96.1 Å². The highest BCUT2D eigenvalue weighted by Gasteiger charge is 2.12. The average Bonchev–Trinajstić information content (AvgIpc) is 3.31. The van der Waals surface area contributed by atoms with Gasteiger partial charge in [0.1, 0.15) is 0 Å². The molecular weight excluding hydrogens is 376 g/mol. The van der Waals surface area contributed by atoms with E-state index in [9.17, 15) is 0 Å². The number of aryl methyl sites for hydroxylation is 2. The molecule has 0 fully saturated rings. The summed E-state index contributed by atoms with van der Waals surface area (Å²) < 4.78 is 4.83. The van der Waals surface area contributed by atoms with Crippen LogP contribution in [0.4, 0.5) is 0 Å². The van der Waals surface area contributed by atoms with Crippen LogP contribution in [0.25, 0.3) is 43.6 Å².